The molecule has 0 aromatic heterocycles. The maximum Gasteiger partial charge on any atom is 0.258 e. The second-order valence-corrected chi connectivity index (χ2v) is 10.1. The quantitative estimate of drug-likeness (QED) is 0.176. The van der Waals surface area contributed by atoms with E-state index in [0.717, 1.165) is 11.1 Å². The molecule has 1 fully saturated rings. The van der Waals surface area contributed by atoms with Crippen LogP contribution in [0.4, 0.5) is 11.4 Å². The standard InChI is InChI=1S/C28H25Cl2N3O2S/c1-18-24(14-13-23(31-4)25(18)30)33-26(34)28(2,3)32(27(33)36)15-8-16-35-20-11-12-21(22(29)17-20)19-9-6-5-7-10-19/h5-7,9-14,17H,8,15-16H2,1-3H3. The number of carbonyl (C=O) groups excluding carboxylic acids is 1. The van der Waals surface area contributed by atoms with E-state index in [-0.39, 0.29) is 5.91 Å². The zero-order valence-electron chi connectivity index (χ0n) is 20.2. The molecule has 1 saturated heterocycles. The average molecular weight is 539 g/mol. The van der Waals surface area contributed by atoms with E-state index in [4.69, 9.17) is 46.7 Å². The van der Waals surface area contributed by atoms with Gasteiger partial charge in [0, 0.05) is 12.1 Å². The summed E-state index contributed by atoms with van der Waals surface area (Å²) in [6.45, 7) is 13.7. The summed E-state index contributed by atoms with van der Waals surface area (Å²) in [5, 5.41) is 1.37. The van der Waals surface area contributed by atoms with Crippen molar-refractivity contribution in [2.45, 2.75) is 32.7 Å². The first-order valence-electron chi connectivity index (χ1n) is 11.5. The summed E-state index contributed by atoms with van der Waals surface area (Å²) >= 11 is 18.6. The van der Waals surface area contributed by atoms with Crippen LogP contribution in [-0.4, -0.2) is 34.6 Å². The highest BCUT2D eigenvalue weighted by molar-refractivity contribution is 7.80. The van der Waals surface area contributed by atoms with Crippen molar-refractivity contribution < 1.29 is 9.53 Å². The number of carbonyl (C=O) groups is 1. The van der Waals surface area contributed by atoms with Crippen LogP contribution < -0.4 is 9.64 Å². The summed E-state index contributed by atoms with van der Waals surface area (Å²) in [5.74, 6) is 0.553. The predicted molar refractivity (Wildman–Crippen MR) is 150 cm³/mol. The molecule has 0 atom stereocenters. The second-order valence-electron chi connectivity index (χ2n) is 9.00. The van der Waals surface area contributed by atoms with Gasteiger partial charge in [-0.3, -0.25) is 9.69 Å². The Hall–Kier alpha value is -3.11. The third kappa shape index (κ3) is 4.79. The first-order chi connectivity index (χ1) is 17.2. The monoisotopic (exact) mass is 537 g/mol. The van der Waals surface area contributed by atoms with E-state index < -0.39 is 5.54 Å². The normalized spacial score (nSPS) is 14.8. The number of amides is 1. The van der Waals surface area contributed by atoms with Crippen molar-refractivity contribution in [1.82, 2.24) is 4.90 Å². The number of thiocarbonyl (C=S) groups is 1. The van der Waals surface area contributed by atoms with E-state index in [1.807, 2.05) is 67.3 Å². The molecule has 3 aromatic carbocycles. The summed E-state index contributed by atoms with van der Waals surface area (Å²) < 4.78 is 5.94. The van der Waals surface area contributed by atoms with Gasteiger partial charge in [-0.15, -0.1) is 0 Å². The Labute approximate surface area is 227 Å². The molecule has 8 heteroatoms. The number of nitrogens with zero attached hydrogens (tertiary/aromatic N) is 3. The number of hydrogen-bond donors (Lipinski definition) is 0. The van der Waals surface area contributed by atoms with Gasteiger partial charge in [0.2, 0.25) is 5.69 Å². The van der Waals surface area contributed by atoms with Gasteiger partial charge in [-0.1, -0.05) is 59.6 Å². The van der Waals surface area contributed by atoms with Crippen LogP contribution in [0, 0.1) is 13.5 Å². The SMILES string of the molecule is [C-]#[N+]c1ccc(N2C(=O)C(C)(C)N(CCCOc3ccc(-c4ccccc4)c(Cl)c3)C2=S)c(C)c1Cl. The Morgan fingerprint density at radius 1 is 1.08 bits per heavy atom. The Balaban J connectivity index is 1.42. The van der Waals surface area contributed by atoms with Crippen LogP contribution in [0.25, 0.3) is 16.0 Å². The third-order valence-corrected chi connectivity index (χ3v) is 7.54. The highest BCUT2D eigenvalue weighted by Gasteiger charge is 2.49. The molecule has 0 radical (unpaired) electrons. The van der Waals surface area contributed by atoms with Crippen molar-refractivity contribution in [2.24, 2.45) is 0 Å². The average Bonchev–Trinajstić information content (AvgIpc) is 3.03. The summed E-state index contributed by atoms with van der Waals surface area (Å²) in [7, 11) is 0. The van der Waals surface area contributed by atoms with Crippen LogP contribution in [0.5, 0.6) is 5.75 Å². The molecule has 36 heavy (non-hydrogen) atoms. The fourth-order valence-corrected chi connectivity index (χ4v) is 5.25. The lowest BCUT2D eigenvalue weighted by Gasteiger charge is -2.29. The number of ether oxygens (including phenoxy) is 1. The molecule has 0 unspecified atom stereocenters. The van der Waals surface area contributed by atoms with Crippen molar-refractivity contribution in [1.29, 1.82) is 0 Å². The van der Waals surface area contributed by atoms with Crippen molar-refractivity contribution in [3.05, 3.63) is 87.7 Å². The first-order valence-corrected chi connectivity index (χ1v) is 12.6. The molecule has 0 saturated carbocycles. The van der Waals surface area contributed by atoms with Crippen LogP contribution >= 0.6 is 35.4 Å². The van der Waals surface area contributed by atoms with Gasteiger partial charge in [0.25, 0.3) is 5.91 Å². The van der Waals surface area contributed by atoms with Crippen LogP contribution in [0.2, 0.25) is 10.0 Å². The molecular weight excluding hydrogens is 513 g/mol. The van der Waals surface area contributed by atoms with Crippen molar-refractivity contribution >= 4 is 57.8 Å². The molecule has 0 N–H and O–H groups in total. The largest absolute Gasteiger partial charge is 0.493 e. The fourth-order valence-electron chi connectivity index (χ4n) is 4.26. The second kappa shape index (κ2) is 10.5. The summed E-state index contributed by atoms with van der Waals surface area (Å²) in [5.41, 5.74) is 2.77. The Morgan fingerprint density at radius 3 is 2.47 bits per heavy atom. The van der Waals surface area contributed by atoms with Gasteiger partial charge in [0.05, 0.1) is 28.9 Å². The van der Waals surface area contributed by atoms with Gasteiger partial charge in [-0.05, 0) is 74.8 Å². The van der Waals surface area contributed by atoms with Crippen LogP contribution in [0.3, 0.4) is 0 Å². The summed E-state index contributed by atoms with van der Waals surface area (Å²) in [4.78, 5) is 20.2. The van der Waals surface area contributed by atoms with Crippen molar-refractivity contribution in [3.63, 3.8) is 0 Å². The number of rotatable bonds is 7. The lowest BCUT2D eigenvalue weighted by molar-refractivity contribution is -0.123. The van der Waals surface area contributed by atoms with Gasteiger partial charge in [0.15, 0.2) is 5.11 Å². The molecule has 0 aliphatic carbocycles. The van der Waals surface area contributed by atoms with Gasteiger partial charge in [-0.25, -0.2) is 4.85 Å². The molecule has 4 rings (SSSR count). The van der Waals surface area contributed by atoms with Gasteiger partial charge < -0.3 is 9.64 Å². The zero-order valence-corrected chi connectivity index (χ0v) is 22.5. The maximum atomic E-state index is 13.4. The predicted octanol–water partition coefficient (Wildman–Crippen LogP) is 7.70. The van der Waals surface area contributed by atoms with Gasteiger partial charge in [-0.2, -0.15) is 0 Å². The summed E-state index contributed by atoms with van der Waals surface area (Å²) in [6.07, 6.45) is 0.652. The van der Waals surface area contributed by atoms with Crippen LogP contribution in [-0.2, 0) is 4.79 Å². The number of halogens is 2. The number of hydrogen-bond acceptors (Lipinski definition) is 3. The highest BCUT2D eigenvalue weighted by atomic mass is 35.5. The van der Waals surface area contributed by atoms with E-state index in [1.54, 1.807) is 19.1 Å². The molecule has 184 valence electrons. The van der Waals surface area contributed by atoms with E-state index in [2.05, 4.69) is 4.85 Å². The topological polar surface area (TPSA) is 37.1 Å². The minimum atomic E-state index is -0.824. The highest BCUT2D eigenvalue weighted by Crippen LogP contribution is 2.39. The molecule has 1 heterocycles. The van der Waals surface area contributed by atoms with E-state index in [9.17, 15) is 4.79 Å². The minimum absolute atomic E-state index is 0.133. The number of benzene rings is 3. The van der Waals surface area contributed by atoms with E-state index in [0.29, 0.717) is 57.4 Å². The van der Waals surface area contributed by atoms with Crippen molar-refractivity contribution in [3.8, 4) is 16.9 Å². The smallest absolute Gasteiger partial charge is 0.258 e. The molecule has 3 aromatic rings. The Bertz CT molecular complexity index is 1370. The van der Waals surface area contributed by atoms with Crippen LogP contribution in [0.1, 0.15) is 25.8 Å². The molecular formula is C28H25Cl2N3O2S. The maximum absolute atomic E-state index is 13.4. The van der Waals surface area contributed by atoms with E-state index in [1.165, 1.54) is 4.90 Å². The van der Waals surface area contributed by atoms with Crippen LogP contribution in [0.15, 0.2) is 60.7 Å². The Morgan fingerprint density at radius 2 is 1.81 bits per heavy atom. The zero-order chi connectivity index (χ0) is 26.0. The fraction of sp³-hybridized carbons (Fsp3) is 0.250. The molecule has 1 aliphatic rings. The van der Waals surface area contributed by atoms with Gasteiger partial charge >= 0.3 is 0 Å². The lowest BCUT2D eigenvalue weighted by atomic mass is 10.0. The molecule has 0 spiro atoms. The Kier molecular flexibility index (Phi) is 7.56. The summed E-state index contributed by atoms with van der Waals surface area (Å²) in [6, 6.07) is 19.0. The molecule has 5 nitrogen and oxygen atoms in total. The molecule has 1 amide bonds. The minimum Gasteiger partial charge on any atom is -0.493 e. The van der Waals surface area contributed by atoms with Crippen molar-refractivity contribution in [2.75, 3.05) is 18.1 Å². The molecule has 1 aliphatic heterocycles. The number of anilines is 1. The third-order valence-electron chi connectivity index (χ3n) is 6.34. The van der Waals surface area contributed by atoms with Gasteiger partial charge in [0.1, 0.15) is 11.3 Å². The lowest BCUT2D eigenvalue weighted by Crippen LogP contribution is -2.44. The van der Waals surface area contributed by atoms with E-state index >= 15 is 0 Å². The first kappa shape index (κ1) is 26.0. The molecule has 0 bridgehead atoms.